The van der Waals surface area contributed by atoms with Gasteiger partial charge in [-0.2, -0.15) is 5.10 Å². The number of hydrazone groups is 1. The predicted molar refractivity (Wildman–Crippen MR) is 129 cm³/mol. The van der Waals surface area contributed by atoms with Gasteiger partial charge in [-0.3, -0.25) is 14.5 Å². The number of nitrogens with one attached hydrogen (secondary N) is 1. The first-order chi connectivity index (χ1) is 14.9. The first-order valence-electron chi connectivity index (χ1n) is 9.66. The van der Waals surface area contributed by atoms with Crippen LogP contribution in [-0.2, 0) is 4.79 Å². The molecule has 0 spiro atoms. The van der Waals surface area contributed by atoms with Crippen molar-refractivity contribution in [3.63, 3.8) is 0 Å². The Morgan fingerprint density at radius 2 is 1.52 bits per heavy atom. The number of carbonyl (C=O) groups excluding carboxylic acids is 2. The van der Waals surface area contributed by atoms with Crippen LogP contribution in [0, 0.1) is 0 Å². The molecule has 6 nitrogen and oxygen atoms in total. The Bertz CT molecular complexity index is 1050. The van der Waals surface area contributed by atoms with Crippen LogP contribution in [0.15, 0.2) is 88.4 Å². The van der Waals surface area contributed by atoms with Gasteiger partial charge in [0.25, 0.3) is 11.8 Å². The van der Waals surface area contributed by atoms with E-state index in [0.717, 1.165) is 15.7 Å². The average molecular weight is 479 g/mol. The van der Waals surface area contributed by atoms with Gasteiger partial charge in [0, 0.05) is 35.5 Å². The number of halogens is 1. The van der Waals surface area contributed by atoms with Gasteiger partial charge >= 0.3 is 0 Å². The van der Waals surface area contributed by atoms with E-state index in [1.54, 1.807) is 42.6 Å². The SMILES string of the molecule is CN(C)c1ccc(/C=N/NC(=O)CN(C(=O)c2ccccc2)c2ccc(Br)cc2)cc1. The second-order valence-electron chi connectivity index (χ2n) is 7.01. The lowest BCUT2D eigenvalue weighted by Gasteiger charge is -2.22. The Hall–Kier alpha value is -3.45. The smallest absolute Gasteiger partial charge is 0.260 e. The zero-order valence-corrected chi connectivity index (χ0v) is 18.9. The number of rotatable bonds is 7. The lowest BCUT2D eigenvalue weighted by atomic mass is 10.2. The maximum Gasteiger partial charge on any atom is 0.260 e. The minimum Gasteiger partial charge on any atom is -0.378 e. The third-order valence-corrected chi connectivity index (χ3v) is 5.05. The fourth-order valence-electron chi connectivity index (χ4n) is 2.85. The molecule has 0 aromatic heterocycles. The largest absolute Gasteiger partial charge is 0.378 e. The second kappa shape index (κ2) is 10.5. The van der Waals surface area contributed by atoms with Gasteiger partial charge in [0.15, 0.2) is 0 Å². The predicted octanol–water partition coefficient (Wildman–Crippen LogP) is 4.31. The molecule has 0 saturated carbocycles. The number of carbonyl (C=O) groups is 2. The first-order valence-corrected chi connectivity index (χ1v) is 10.4. The van der Waals surface area contributed by atoms with Gasteiger partial charge in [0.05, 0.1) is 6.21 Å². The van der Waals surface area contributed by atoms with Gasteiger partial charge in [-0.1, -0.05) is 46.3 Å². The number of benzene rings is 3. The molecule has 0 saturated heterocycles. The number of hydrogen-bond donors (Lipinski definition) is 1. The Kier molecular flexibility index (Phi) is 7.56. The zero-order chi connectivity index (χ0) is 22.2. The Morgan fingerprint density at radius 1 is 0.903 bits per heavy atom. The van der Waals surface area contributed by atoms with Crippen LogP contribution < -0.4 is 15.2 Å². The van der Waals surface area contributed by atoms with Crippen LogP contribution in [0.4, 0.5) is 11.4 Å². The molecule has 0 bridgehead atoms. The molecule has 7 heteroatoms. The van der Waals surface area contributed by atoms with Gasteiger partial charge in [-0.25, -0.2) is 5.43 Å². The summed E-state index contributed by atoms with van der Waals surface area (Å²) in [6, 6.07) is 23.9. The summed E-state index contributed by atoms with van der Waals surface area (Å²) < 4.78 is 0.887. The molecule has 0 heterocycles. The van der Waals surface area contributed by atoms with Crippen LogP contribution in [0.5, 0.6) is 0 Å². The number of hydrogen-bond acceptors (Lipinski definition) is 4. The molecular formula is C24H23BrN4O2. The van der Waals surface area contributed by atoms with Gasteiger partial charge in [0.1, 0.15) is 6.54 Å². The highest BCUT2D eigenvalue weighted by atomic mass is 79.9. The summed E-state index contributed by atoms with van der Waals surface area (Å²) in [5, 5.41) is 4.03. The van der Waals surface area contributed by atoms with Crippen molar-refractivity contribution >= 4 is 45.3 Å². The van der Waals surface area contributed by atoms with E-state index in [-0.39, 0.29) is 12.5 Å². The normalized spacial score (nSPS) is 10.7. The van der Waals surface area contributed by atoms with Gasteiger partial charge in [0.2, 0.25) is 0 Å². The van der Waals surface area contributed by atoms with Crippen molar-refractivity contribution in [2.45, 2.75) is 0 Å². The van der Waals surface area contributed by atoms with Crippen molar-refractivity contribution in [2.24, 2.45) is 5.10 Å². The fourth-order valence-corrected chi connectivity index (χ4v) is 3.12. The maximum absolute atomic E-state index is 13.0. The summed E-state index contributed by atoms with van der Waals surface area (Å²) in [6.45, 7) is -0.160. The monoisotopic (exact) mass is 478 g/mol. The molecule has 3 aromatic rings. The van der Waals surface area contributed by atoms with Crippen LogP contribution in [-0.4, -0.2) is 38.7 Å². The molecule has 0 atom stereocenters. The molecule has 31 heavy (non-hydrogen) atoms. The van der Waals surface area contributed by atoms with Gasteiger partial charge in [-0.05, 0) is 54.1 Å². The molecule has 0 aliphatic heterocycles. The van der Waals surface area contributed by atoms with E-state index in [0.29, 0.717) is 11.3 Å². The summed E-state index contributed by atoms with van der Waals surface area (Å²) >= 11 is 3.39. The highest BCUT2D eigenvalue weighted by Crippen LogP contribution is 2.20. The first kappa shape index (κ1) is 22.2. The van der Waals surface area contributed by atoms with Crippen molar-refractivity contribution < 1.29 is 9.59 Å². The van der Waals surface area contributed by atoms with E-state index in [4.69, 9.17) is 0 Å². The van der Waals surface area contributed by atoms with E-state index < -0.39 is 5.91 Å². The van der Waals surface area contributed by atoms with Crippen LogP contribution in [0.2, 0.25) is 0 Å². The Balaban J connectivity index is 1.70. The summed E-state index contributed by atoms with van der Waals surface area (Å²) in [4.78, 5) is 29.0. The molecule has 3 rings (SSSR count). The minimum atomic E-state index is -0.395. The summed E-state index contributed by atoms with van der Waals surface area (Å²) in [5.41, 5.74) is 5.56. The molecule has 3 aromatic carbocycles. The molecule has 0 aliphatic rings. The molecule has 2 amide bonds. The third kappa shape index (κ3) is 6.26. The van der Waals surface area contributed by atoms with Crippen molar-refractivity contribution in [3.05, 3.63) is 94.5 Å². The standard InChI is InChI=1S/C24H23BrN4O2/c1-28(2)21-12-8-18(9-13-21)16-26-27-23(30)17-29(22-14-10-20(25)11-15-22)24(31)19-6-4-3-5-7-19/h3-16H,17H2,1-2H3,(H,27,30)/b26-16+. The van der Waals surface area contributed by atoms with Gasteiger partial charge in [-0.15, -0.1) is 0 Å². The molecule has 1 N–H and O–H groups in total. The zero-order valence-electron chi connectivity index (χ0n) is 17.3. The van der Waals surface area contributed by atoms with Gasteiger partial charge < -0.3 is 4.90 Å². The fraction of sp³-hybridized carbons (Fsp3) is 0.125. The highest BCUT2D eigenvalue weighted by Gasteiger charge is 2.20. The quantitative estimate of drug-likeness (QED) is 0.406. The minimum absolute atomic E-state index is 0.160. The van der Waals surface area contributed by atoms with Crippen molar-refractivity contribution in [1.82, 2.24) is 5.43 Å². The van der Waals surface area contributed by atoms with Crippen LogP contribution in [0.1, 0.15) is 15.9 Å². The molecule has 0 unspecified atom stereocenters. The second-order valence-corrected chi connectivity index (χ2v) is 7.93. The lowest BCUT2D eigenvalue weighted by Crippen LogP contribution is -2.39. The number of nitrogens with zero attached hydrogens (tertiary/aromatic N) is 3. The van der Waals surface area contributed by atoms with Crippen LogP contribution in [0.3, 0.4) is 0 Å². The molecule has 0 fully saturated rings. The summed E-state index contributed by atoms with van der Waals surface area (Å²) in [7, 11) is 3.94. The molecular weight excluding hydrogens is 456 g/mol. The van der Waals surface area contributed by atoms with E-state index in [1.807, 2.05) is 61.5 Å². The summed E-state index contributed by atoms with van der Waals surface area (Å²) in [5.74, 6) is -0.658. The Labute approximate surface area is 190 Å². The third-order valence-electron chi connectivity index (χ3n) is 4.52. The van der Waals surface area contributed by atoms with Crippen LogP contribution in [0.25, 0.3) is 0 Å². The van der Waals surface area contributed by atoms with Crippen molar-refractivity contribution in [1.29, 1.82) is 0 Å². The Morgan fingerprint density at radius 3 is 2.13 bits per heavy atom. The number of anilines is 2. The van der Waals surface area contributed by atoms with Crippen molar-refractivity contribution in [2.75, 3.05) is 30.4 Å². The van der Waals surface area contributed by atoms with E-state index in [9.17, 15) is 9.59 Å². The van der Waals surface area contributed by atoms with Crippen molar-refractivity contribution in [3.8, 4) is 0 Å². The average Bonchev–Trinajstić information content (AvgIpc) is 2.78. The summed E-state index contributed by atoms with van der Waals surface area (Å²) in [6.07, 6.45) is 1.57. The van der Waals surface area contributed by atoms with E-state index in [2.05, 4.69) is 26.5 Å². The molecule has 0 aliphatic carbocycles. The maximum atomic E-state index is 13.0. The van der Waals surface area contributed by atoms with Crippen LogP contribution >= 0.6 is 15.9 Å². The lowest BCUT2D eigenvalue weighted by molar-refractivity contribution is -0.119. The van der Waals surface area contributed by atoms with E-state index in [1.165, 1.54) is 4.90 Å². The number of amides is 2. The van der Waals surface area contributed by atoms with E-state index >= 15 is 0 Å². The highest BCUT2D eigenvalue weighted by molar-refractivity contribution is 9.10. The molecule has 158 valence electrons. The topological polar surface area (TPSA) is 65.0 Å². The molecule has 0 radical (unpaired) electrons.